The smallest absolute Gasteiger partial charge is 0.246 e. The maximum absolute atomic E-state index is 12.4. The molecule has 102 valence electrons. The second-order valence-electron chi connectivity index (χ2n) is 5.83. The molecule has 18 heavy (non-hydrogen) atoms. The van der Waals surface area contributed by atoms with Crippen LogP contribution in [-0.4, -0.2) is 22.9 Å². The summed E-state index contributed by atoms with van der Waals surface area (Å²) in [7, 11) is 0. The number of hydrogen-bond donors (Lipinski definition) is 0. The Kier molecular flexibility index (Phi) is 5.27. The highest BCUT2D eigenvalue weighted by Crippen LogP contribution is 2.30. The first-order chi connectivity index (χ1) is 8.83. The molecule has 0 heterocycles. The van der Waals surface area contributed by atoms with Crippen LogP contribution >= 0.6 is 0 Å². The van der Waals surface area contributed by atoms with Crippen LogP contribution in [0.4, 0.5) is 0 Å². The highest BCUT2D eigenvalue weighted by molar-refractivity contribution is 5.88. The van der Waals surface area contributed by atoms with Gasteiger partial charge in [0.15, 0.2) is 0 Å². The summed E-state index contributed by atoms with van der Waals surface area (Å²) >= 11 is 0. The van der Waals surface area contributed by atoms with Gasteiger partial charge in [-0.05, 0) is 38.7 Å². The molecular weight excluding hydrogens is 222 g/mol. The van der Waals surface area contributed by atoms with E-state index in [1.807, 2.05) is 13.0 Å². The maximum Gasteiger partial charge on any atom is 0.246 e. The monoisotopic (exact) mass is 249 g/mol. The first kappa shape index (κ1) is 13.6. The average Bonchev–Trinajstić information content (AvgIpc) is 2.42. The summed E-state index contributed by atoms with van der Waals surface area (Å²) in [6.07, 6.45) is 16.5. The van der Waals surface area contributed by atoms with Gasteiger partial charge in [-0.15, -0.1) is 0 Å². The Morgan fingerprint density at radius 2 is 1.33 bits per heavy atom. The van der Waals surface area contributed by atoms with Crippen molar-refractivity contribution in [1.29, 1.82) is 0 Å². The van der Waals surface area contributed by atoms with Crippen molar-refractivity contribution in [2.75, 3.05) is 0 Å². The topological polar surface area (TPSA) is 20.3 Å². The molecule has 0 aromatic heterocycles. The van der Waals surface area contributed by atoms with Gasteiger partial charge in [0.2, 0.25) is 5.91 Å². The summed E-state index contributed by atoms with van der Waals surface area (Å²) in [6, 6.07) is 1.04. The third-order valence-electron chi connectivity index (χ3n) is 4.50. The lowest BCUT2D eigenvalue weighted by molar-refractivity contribution is -0.132. The van der Waals surface area contributed by atoms with Crippen molar-refractivity contribution in [1.82, 2.24) is 4.90 Å². The number of carbonyl (C=O) groups is 1. The minimum absolute atomic E-state index is 0.260. The molecule has 1 amide bonds. The molecule has 2 heteroatoms. The summed E-state index contributed by atoms with van der Waals surface area (Å²) < 4.78 is 0. The minimum Gasteiger partial charge on any atom is -0.333 e. The molecule has 2 aliphatic carbocycles. The minimum atomic E-state index is 0.260. The van der Waals surface area contributed by atoms with Crippen LogP contribution in [0.15, 0.2) is 12.2 Å². The number of rotatable bonds is 3. The Bertz CT molecular complexity index is 267. The van der Waals surface area contributed by atoms with E-state index in [-0.39, 0.29) is 5.91 Å². The van der Waals surface area contributed by atoms with Gasteiger partial charge >= 0.3 is 0 Å². The van der Waals surface area contributed by atoms with Gasteiger partial charge in [-0.1, -0.05) is 44.6 Å². The van der Waals surface area contributed by atoms with Crippen LogP contribution in [0, 0.1) is 0 Å². The van der Waals surface area contributed by atoms with E-state index >= 15 is 0 Å². The lowest BCUT2D eigenvalue weighted by atomic mass is 9.88. The molecule has 0 aliphatic heterocycles. The molecule has 0 atom stereocenters. The molecular formula is C16H27NO. The molecule has 2 nitrogen and oxygen atoms in total. The zero-order chi connectivity index (χ0) is 12.8. The van der Waals surface area contributed by atoms with Crippen LogP contribution in [-0.2, 0) is 4.79 Å². The molecule has 0 radical (unpaired) electrons. The van der Waals surface area contributed by atoms with E-state index in [0.717, 1.165) is 0 Å². The maximum atomic E-state index is 12.4. The van der Waals surface area contributed by atoms with Crippen LogP contribution in [0.1, 0.15) is 71.1 Å². The van der Waals surface area contributed by atoms with Crippen LogP contribution < -0.4 is 0 Å². The quantitative estimate of drug-likeness (QED) is 0.691. The van der Waals surface area contributed by atoms with Crippen molar-refractivity contribution in [3.8, 4) is 0 Å². The van der Waals surface area contributed by atoms with E-state index < -0.39 is 0 Å². The average molecular weight is 249 g/mol. The van der Waals surface area contributed by atoms with Gasteiger partial charge < -0.3 is 4.90 Å². The number of carbonyl (C=O) groups excluding carboxylic acids is 1. The molecule has 0 N–H and O–H groups in total. The Hall–Kier alpha value is -0.790. The third kappa shape index (κ3) is 3.37. The summed E-state index contributed by atoms with van der Waals surface area (Å²) in [6.45, 7) is 1.94. The Labute approximate surface area is 111 Å². The zero-order valence-corrected chi connectivity index (χ0v) is 11.7. The van der Waals surface area contributed by atoms with Crippen molar-refractivity contribution in [3.63, 3.8) is 0 Å². The second kappa shape index (κ2) is 6.96. The number of hydrogen-bond acceptors (Lipinski definition) is 1. The van der Waals surface area contributed by atoms with E-state index in [4.69, 9.17) is 0 Å². The SMILES string of the molecule is CC=CC(=O)N(C1CCCCC1)C1CCCCC1. The normalized spacial score (nSPS) is 23.4. The molecule has 0 saturated heterocycles. The predicted molar refractivity (Wildman–Crippen MR) is 75.4 cm³/mol. The molecule has 2 saturated carbocycles. The van der Waals surface area contributed by atoms with Crippen molar-refractivity contribution in [3.05, 3.63) is 12.2 Å². The fraction of sp³-hybridized carbons (Fsp3) is 0.812. The summed E-state index contributed by atoms with van der Waals surface area (Å²) in [5.41, 5.74) is 0. The summed E-state index contributed by atoms with van der Waals surface area (Å²) in [4.78, 5) is 14.6. The van der Waals surface area contributed by atoms with Gasteiger partial charge in [-0.2, -0.15) is 0 Å². The Morgan fingerprint density at radius 1 is 0.889 bits per heavy atom. The highest BCUT2D eigenvalue weighted by atomic mass is 16.2. The van der Waals surface area contributed by atoms with Crippen molar-refractivity contribution < 1.29 is 4.79 Å². The standard InChI is InChI=1S/C16H27NO/c1-2-9-16(18)17(14-10-5-3-6-11-14)15-12-7-4-8-13-15/h2,9,14-15H,3-8,10-13H2,1H3. The molecule has 0 aromatic rings. The van der Waals surface area contributed by atoms with Gasteiger partial charge in [0, 0.05) is 12.1 Å². The molecule has 2 aliphatic rings. The number of nitrogens with zero attached hydrogens (tertiary/aromatic N) is 1. The van der Waals surface area contributed by atoms with Crippen LogP contribution in [0.5, 0.6) is 0 Å². The summed E-state index contributed by atoms with van der Waals surface area (Å²) in [5, 5.41) is 0. The van der Waals surface area contributed by atoms with Gasteiger partial charge in [-0.25, -0.2) is 0 Å². The largest absolute Gasteiger partial charge is 0.333 e. The number of amides is 1. The lowest BCUT2D eigenvalue weighted by Gasteiger charge is -2.41. The van der Waals surface area contributed by atoms with E-state index in [0.29, 0.717) is 12.1 Å². The van der Waals surface area contributed by atoms with E-state index in [2.05, 4.69) is 4.90 Å². The molecule has 2 rings (SSSR count). The summed E-state index contributed by atoms with van der Waals surface area (Å²) in [5.74, 6) is 0.260. The van der Waals surface area contributed by atoms with Gasteiger partial charge in [0.25, 0.3) is 0 Å². The highest BCUT2D eigenvalue weighted by Gasteiger charge is 2.31. The van der Waals surface area contributed by atoms with Gasteiger partial charge in [0.05, 0.1) is 0 Å². The van der Waals surface area contributed by atoms with E-state index in [1.54, 1.807) is 6.08 Å². The zero-order valence-electron chi connectivity index (χ0n) is 11.7. The van der Waals surface area contributed by atoms with Gasteiger partial charge in [-0.3, -0.25) is 4.79 Å². The molecule has 0 unspecified atom stereocenters. The fourth-order valence-corrected chi connectivity index (χ4v) is 3.61. The first-order valence-corrected chi connectivity index (χ1v) is 7.78. The van der Waals surface area contributed by atoms with Crippen LogP contribution in [0.25, 0.3) is 0 Å². The van der Waals surface area contributed by atoms with Crippen molar-refractivity contribution >= 4 is 5.91 Å². The molecule has 2 fully saturated rings. The first-order valence-electron chi connectivity index (χ1n) is 7.78. The van der Waals surface area contributed by atoms with Crippen molar-refractivity contribution in [2.45, 2.75) is 83.2 Å². The fourth-order valence-electron chi connectivity index (χ4n) is 3.61. The van der Waals surface area contributed by atoms with E-state index in [1.165, 1.54) is 64.2 Å². The molecule has 0 spiro atoms. The van der Waals surface area contributed by atoms with Gasteiger partial charge in [0.1, 0.15) is 0 Å². The molecule has 0 bridgehead atoms. The Balaban J connectivity index is 2.07. The predicted octanol–water partition coefficient (Wildman–Crippen LogP) is 4.06. The van der Waals surface area contributed by atoms with Crippen LogP contribution in [0.3, 0.4) is 0 Å². The third-order valence-corrected chi connectivity index (χ3v) is 4.50. The lowest BCUT2D eigenvalue weighted by Crippen LogP contribution is -2.48. The Morgan fingerprint density at radius 3 is 1.72 bits per heavy atom. The van der Waals surface area contributed by atoms with E-state index in [9.17, 15) is 4.79 Å². The number of allylic oxidation sites excluding steroid dienone is 1. The van der Waals surface area contributed by atoms with Crippen LogP contribution in [0.2, 0.25) is 0 Å². The molecule has 0 aromatic carbocycles. The second-order valence-corrected chi connectivity index (χ2v) is 5.83. The van der Waals surface area contributed by atoms with Crippen molar-refractivity contribution in [2.24, 2.45) is 0 Å².